The zero-order chi connectivity index (χ0) is 12.1. The van der Waals surface area contributed by atoms with Gasteiger partial charge in [0.1, 0.15) is 6.04 Å². The largest absolute Gasteiger partial charge is 0.480 e. The Labute approximate surface area is 95.8 Å². The van der Waals surface area contributed by atoms with Gasteiger partial charge in [0.15, 0.2) is 0 Å². The number of nitrogens with one attached hydrogen (secondary N) is 1. The normalized spacial score (nSPS) is 21.9. The van der Waals surface area contributed by atoms with Crippen molar-refractivity contribution in [3.8, 4) is 0 Å². The van der Waals surface area contributed by atoms with E-state index in [0.29, 0.717) is 12.3 Å². The van der Waals surface area contributed by atoms with Gasteiger partial charge in [-0.05, 0) is 18.8 Å². The third-order valence-electron chi connectivity index (χ3n) is 3.15. The predicted octanol–water partition coefficient (Wildman–Crippen LogP) is 1.29. The average Bonchev–Trinajstić information content (AvgIpc) is 2.73. The van der Waals surface area contributed by atoms with Crippen LogP contribution in [0, 0.1) is 5.92 Å². The lowest BCUT2D eigenvalue weighted by molar-refractivity contribution is -0.139. The molecule has 1 fully saturated rings. The minimum Gasteiger partial charge on any atom is -0.480 e. The first-order valence-electron chi connectivity index (χ1n) is 5.86. The Balaban J connectivity index is 2.43. The molecule has 0 bridgehead atoms. The molecule has 1 saturated heterocycles. The van der Waals surface area contributed by atoms with Gasteiger partial charge in [-0.3, -0.25) is 0 Å². The molecule has 2 N–H and O–H groups in total. The minimum absolute atomic E-state index is 0.245. The van der Waals surface area contributed by atoms with Crippen LogP contribution >= 0.6 is 0 Å². The van der Waals surface area contributed by atoms with Crippen molar-refractivity contribution in [3.63, 3.8) is 0 Å². The van der Waals surface area contributed by atoms with Gasteiger partial charge in [-0.15, -0.1) is 0 Å². The van der Waals surface area contributed by atoms with Gasteiger partial charge in [0.2, 0.25) is 0 Å². The molecule has 5 heteroatoms. The Morgan fingerprint density at radius 1 is 1.50 bits per heavy atom. The van der Waals surface area contributed by atoms with Crippen LogP contribution in [0.5, 0.6) is 0 Å². The first kappa shape index (κ1) is 12.8. The number of nitrogens with zero attached hydrogens (tertiary/aromatic N) is 1. The molecule has 0 aromatic heterocycles. The van der Waals surface area contributed by atoms with Crippen molar-refractivity contribution in [1.82, 2.24) is 10.2 Å². The van der Waals surface area contributed by atoms with E-state index in [-0.39, 0.29) is 6.03 Å². The second kappa shape index (κ2) is 5.72. The smallest absolute Gasteiger partial charge is 0.326 e. The highest BCUT2D eigenvalue weighted by molar-refractivity contribution is 5.82. The third-order valence-corrected chi connectivity index (χ3v) is 3.15. The number of carboxylic acid groups (broad SMARTS) is 1. The summed E-state index contributed by atoms with van der Waals surface area (Å²) in [5, 5.41) is 11.4. The van der Waals surface area contributed by atoms with E-state index >= 15 is 0 Å². The lowest BCUT2D eigenvalue weighted by Crippen LogP contribution is -2.46. The molecule has 5 nitrogen and oxygen atoms in total. The summed E-state index contributed by atoms with van der Waals surface area (Å²) in [7, 11) is 0. The maximum atomic E-state index is 11.7. The van der Waals surface area contributed by atoms with Gasteiger partial charge < -0.3 is 15.3 Å². The van der Waals surface area contributed by atoms with Crippen LogP contribution in [0.4, 0.5) is 4.79 Å². The first-order chi connectivity index (χ1) is 7.58. The molecule has 0 saturated carbocycles. The predicted molar refractivity (Wildman–Crippen MR) is 60.2 cm³/mol. The molecule has 0 radical (unpaired) electrons. The van der Waals surface area contributed by atoms with E-state index in [9.17, 15) is 9.59 Å². The summed E-state index contributed by atoms with van der Waals surface area (Å²) < 4.78 is 0. The van der Waals surface area contributed by atoms with Crippen LogP contribution < -0.4 is 5.32 Å². The second-order valence-corrected chi connectivity index (χ2v) is 4.26. The van der Waals surface area contributed by atoms with Crippen molar-refractivity contribution in [2.45, 2.75) is 39.2 Å². The molecule has 1 aliphatic heterocycles. The Kier molecular flexibility index (Phi) is 4.58. The van der Waals surface area contributed by atoms with Crippen molar-refractivity contribution in [3.05, 3.63) is 0 Å². The fraction of sp³-hybridized carbons (Fsp3) is 0.818. The quantitative estimate of drug-likeness (QED) is 0.761. The van der Waals surface area contributed by atoms with Crippen molar-refractivity contribution in [1.29, 1.82) is 0 Å². The summed E-state index contributed by atoms with van der Waals surface area (Å²) in [5.74, 6) is -0.405. The van der Waals surface area contributed by atoms with E-state index < -0.39 is 12.0 Å². The maximum absolute atomic E-state index is 11.7. The fourth-order valence-corrected chi connectivity index (χ4v) is 1.93. The molecule has 2 amide bonds. The molecule has 0 spiro atoms. The molecule has 0 aromatic carbocycles. The summed E-state index contributed by atoms with van der Waals surface area (Å²) in [6.07, 6.45) is 2.50. The van der Waals surface area contributed by atoms with Crippen molar-refractivity contribution < 1.29 is 14.7 Å². The lowest BCUT2D eigenvalue weighted by atomic mass is 10.1. The van der Waals surface area contributed by atoms with Crippen LogP contribution in [-0.4, -0.2) is 41.1 Å². The summed E-state index contributed by atoms with van der Waals surface area (Å²) in [6.45, 7) is 5.34. The zero-order valence-corrected chi connectivity index (χ0v) is 9.90. The Morgan fingerprint density at radius 3 is 2.62 bits per heavy atom. The highest BCUT2D eigenvalue weighted by Gasteiger charge is 2.27. The Hall–Kier alpha value is -1.26. The van der Waals surface area contributed by atoms with Gasteiger partial charge in [-0.25, -0.2) is 9.59 Å². The Bertz CT molecular complexity index is 268. The Morgan fingerprint density at radius 2 is 2.19 bits per heavy atom. The van der Waals surface area contributed by atoms with E-state index in [0.717, 1.165) is 25.9 Å². The molecular weight excluding hydrogens is 208 g/mol. The number of aliphatic carboxylic acids is 1. The molecule has 0 aliphatic carbocycles. The molecule has 2 atom stereocenters. The second-order valence-electron chi connectivity index (χ2n) is 4.26. The van der Waals surface area contributed by atoms with Crippen LogP contribution in [-0.2, 0) is 4.79 Å². The number of rotatable bonds is 4. The van der Waals surface area contributed by atoms with Crippen LogP contribution in [0.2, 0.25) is 0 Å². The van der Waals surface area contributed by atoms with Crippen molar-refractivity contribution >= 4 is 12.0 Å². The standard InChI is InChI=1S/C11H20N2O3/c1-3-8-5-6-13(7-8)11(16)12-9(4-2)10(14)15/h8-9H,3-7H2,1-2H3,(H,12,16)(H,14,15)/t8?,9-/m1/s1. The van der Waals surface area contributed by atoms with Crippen molar-refractivity contribution in [2.24, 2.45) is 5.92 Å². The summed E-state index contributed by atoms with van der Waals surface area (Å²) in [6, 6.07) is -1.02. The number of carboxylic acids is 1. The number of carbonyl (C=O) groups excluding carboxylic acids is 1. The maximum Gasteiger partial charge on any atom is 0.326 e. The number of hydrogen-bond donors (Lipinski definition) is 2. The lowest BCUT2D eigenvalue weighted by Gasteiger charge is -2.20. The van der Waals surface area contributed by atoms with Gasteiger partial charge in [0.05, 0.1) is 0 Å². The monoisotopic (exact) mass is 228 g/mol. The highest BCUT2D eigenvalue weighted by Crippen LogP contribution is 2.18. The van der Waals surface area contributed by atoms with E-state index in [4.69, 9.17) is 5.11 Å². The molecule has 1 heterocycles. The minimum atomic E-state index is -0.970. The van der Waals surface area contributed by atoms with Gasteiger partial charge in [0.25, 0.3) is 0 Å². The topological polar surface area (TPSA) is 69.6 Å². The van der Waals surface area contributed by atoms with Crippen LogP contribution in [0.3, 0.4) is 0 Å². The number of likely N-dealkylation sites (tertiary alicyclic amines) is 1. The zero-order valence-electron chi connectivity index (χ0n) is 9.90. The SMILES string of the molecule is CCC1CCN(C(=O)N[C@H](CC)C(=O)O)C1. The average molecular weight is 228 g/mol. The third kappa shape index (κ3) is 3.12. The molecule has 1 rings (SSSR count). The van der Waals surface area contributed by atoms with Gasteiger partial charge >= 0.3 is 12.0 Å². The summed E-state index contributed by atoms with van der Waals surface area (Å²) >= 11 is 0. The fourth-order valence-electron chi connectivity index (χ4n) is 1.93. The van der Waals surface area contributed by atoms with Gasteiger partial charge in [-0.1, -0.05) is 20.3 Å². The number of urea groups is 1. The number of amides is 2. The molecular formula is C11H20N2O3. The first-order valence-corrected chi connectivity index (χ1v) is 5.86. The molecule has 0 aromatic rings. The van der Waals surface area contributed by atoms with E-state index in [2.05, 4.69) is 12.2 Å². The summed E-state index contributed by atoms with van der Waals surface area (Å²) in [4.78, 5) is 24.2. The van der Waals surface area contributed by atoms with Crippen molar-refractivity contribution in [2.75, 3.05) is 13.1 Å². The van der Waals surface area contributed by atoms with E-state index in [1.165, 1.54) is 0 Å². The van der Waals surface area contributed by atoms with Gasteiger partial charge in [-0.2, -0.15) is 0 Å². The van der Waals surface area contributed by atoms with E-state index in [1.807, 2.05) is 0 Å². The molecule has 16 heavy (non-hydrogen) atoms. The number of hydrogen-bond acceptors (Lipinski definition) is 2. The summed E-state index contributed by atoms with van der Waals surface area (Å²) in [5.41, 5.74) is 0. The van der Waals surface area contributed by atoms with E-state index in [1.54, 1.807) is 11.8 Å². The molecule has 1 aliphatic rings. The number of carbonyl (C=O) groups is 2. The van der Waals surface area contributed by atoms with Crippen LogP contribution in [0.15, 0.2) is 0 Å². The highest BCUT2D eigenvalue weighted by atomic mass is 16.4. The van der Waals surface area contributed by atoms with Gasteiger partial charge in [0, 0.05) is 13.1 Å². The molecule has 1 unspecified atom stereocenters. The van der Waals surface area contributed by atoms with Crippen LogP contribution in [0.25, 0.3) is 0 Å². The van der Waals surface area contributed by atoms with Crippen LogP contribution in [0.1, 0.15) is 33.1 Å². The molecule has 92 valence electrons.